The molecule has 0 amide bonds. The molecule has 160 valence electrons. The van der Waals surface area contributed by atoms with Crippen molar-refractivity contribution in [3.63, 3.8) is 0 Å². The van der Waals surface area contributed by atoms with Crippen molar-refractivity contribution in [3.8, 4) is 11.5 Å². The van der Waals surface area contributed by atoms with E-state index in [1.165, 1.54) is 6.92 Å². The van der Waals surface area contributed by atoms with Crippen LogP contribution in [0.4, 0.5) is 34.6 Å². The second-order valence-electron chi connectivity index (χ2n) is 5.44. The average molecular weight is 432 g/mol. The maximum absolute atomic E-state index is 12.7. The van der Waals surface area contributed by atoms with Gasteiger partial charge in [0.1, 0.15) is 17.2 Å². The van der Waals surface area contributed by atoms with E-state index in [1.54, 1.807) is 0 Å². The molecule has 0 unspecified atom stereocenters. The minimum absolute atomic E-state index is 0.0121. The van der Waals surface area contributed by atoms with Gasteiger partial charge in [-0.1, -0.05) is 0 Å². The number of benzene rings is 2. The van der Waals surface area contributed by atoms with Gasteiger partial charge in [0.05, 0.1) is 21.6 Å². The van der Waals surface area contributed by atoms with Crippen molar-refractivity contribution < 1.29 is 36.9 Å². The topological polar surface area (TPSA) is 129 Å². The third-order valence-electron chi connectivity index (χ3n) is 3.52. The molecule has 2 aromatic carbocycles. The molecule has 10 nitrogen and oxygen atoms in total. The molecule has 0 spiro atoms. The molecule has 0 fully saturated rings. The van der Waals surface area contributed by atoms with Gasteiger partial charge >= 0.3 is 18.9 Å². The predicted octanol–water partition coefficient (Wildman–Crippen LogP) is 4.54. The Kier molecular flexibility index (Phi) is 7.06. The van der Waals surface area contributed by atoms with Crippen LogP contribution in [0.2, 0.25) is 0 Å². The zero-order valence-corrected chi connectivity index (χ0v) is 14.9. The number of hydrazone groups is 1. The summed E-state index contributed by atoms with van der Waals surface area (Å²) >= 11 is 0. The first-order valence-corrected chi connectivity index (χ1v) is 7.85. The highest BCUT2D eigenvalue weighted by atomic mass is 19.3. The Morgan fingerprint density at radius 1 is 1.00 bits per heavy atom. The van der Waals surface area contributed by atoms with Crippen LogP contribution in [-0.2, 0) is 0 Å². The molecule has 0 aliphatic heterocycles. The van der Waals surface area contributed by atoms with Crippen molar-refractivity contribution in [1.82, 2.24) is 0 Å². The van der Waals surface area contributed by atoms with Gasteiger partial charge in [0.15, 0.2) is 0 Å². The molecule has 30 heavy (non-hydrogen) atoms. The monoisotopic (exact) mass is 432 g/mol. The lowest BCUT2D eigenvalue weighted by atomic mass is 10.1. The van der Waals surface area contributed by atoms with E-state index < -0.39 is 45.9 Å². The maximum Gasteiger partial charge on any atom is 0.387 e. The summed E-state index contributed by atoms with van der Waals surface area (Å²) in [6.45, 7) is -5.14. The van der Waals surface area contributed by atoms with E-state index >= 15 is 0 Å². The van der Waals surface area contributed by atoms with E-state index in [0.29, 0.717) is 0 Å². The number of nitro groups is 2. The highest BCUT2D eigenvalue weighted by Crippen LogP contribution is 2.30. The van der Waals surface area contributed by atoms with Crippen LogP contribution in [0.25, 0.3) is 0 Å². The fourth-order valence-corrected chi connectivity index (χ4v) is 2.25. The van der Waals surface area contributed by atoms with Crippen molar-refractivity contribution in [2.75, 3.05) is 5.43 Å². The lowest BCUT2D eigenvalue weighted by Gasteiger charge is -2.13. The normalized spacial score (nSPS) is 11.5. The van der Waals surface area contributed by atoms with Crippen LogP contribution in [0.5, 0.6) is 11.5 Å². The summed E-state index contributed by atoms with van der Waals surface area (Å²) in [5.74, 6) is -0.958. The molecule has 0 aliphatic carbocycles. The van der Waals surface area contributed by atoms with Crippen LogP contribution in [0.3, 0.4) is 0 Å². The fourth-order valence-electron chi connectivity index (χ4n) is 2.25. The van der Waals surface area contributed by atoms with Gasteiger partial charge in [0.2, 0.25) is 0 Å². The van der Waals surface area contributed by atoms with Crippen molar-refractivity contribution >= 4 is 22.8 Å². The number of nitrogens with zero attached hydrogens (tertiary/aromatic N) is 3. The molecule has 2 rings (SSSR count). The number of hydrogen-bond acceptors (Lipinski definition) is 8. The highest BCUT2D eigenvalue weighted by molar-refractivity contribution is 6.01. The summed E-state index contributed by atoms with van der Waals surface area (Å²) < 4.78 is 58.4. The molecule has 0 atom stereocenters. The first-order valence-electron chi connectivity index (χ1n) is 7.85. The van der Waals surface area contributed by atoms with Gasteiger partial charge in [-0.05, 0) is 25.1 Å². The molecule has 0 saturated carbocycles. The van der Waals surface area contributed by atoms with Gasteiger partial charge in [-0.15, -0.1) is 0 Å². The molecule has 0 aromatic heterocycles. The Morgan fingerprint density at radius 2 is 1.67 bits per heavy atom. The summed E-state index contributed by atoms with van der Waals surface area (Å²) in [5, 5.41) is 25.7. The lowest BCUT2D eigenvalue weighted by Crippen LogP contribution is -2.09. The van der Waals surface area contributed by atoms with E-state index in [-0.39, 0.29) is 17.0 Å². The number of hydrogen-bond donors (Lipinski definition) is 1. The summed E-state index contributed by atoms with van der Waals surface area (Å²) in [6.07, 6.45) is 0. The van der Waals surface area contributed by atoms with Gasteiger partial charge in [-0.3, -0.25) is 25.7 Å². The molecule has 2 aromatic rings. The summed E-state index contributed by atoms with van der Waals surface area (Å²) in [6, 6.07) is 5.76. The molecule has 14 heteroatoms. The zero-order chi connectivity index (χ0) is 22.4. The standard InChI is InChI=1S/C16H12F4N4O6/c1-8(11-4-3-10(29-15(17)18)7-14(11)30-16(19)20)21-22-12-5-2-9(23(25)26)6-13(12)24(27)28/h2-7,15-16,22H,1H3/b21-8+. The quantitative estimate of drug-likeness (QED) is 0.266. The number of anilines is 1. The first-order chi connectivity index (χ1) is 14.1. The van der Waals surface area contributed by atoms with E-state index in [9.17, 15) is 37.8 Å². The molecular weight excluding hydrogens is 420 g/mol. The molecule has 0 aliphatic rings. The van der Waals surface area contributed by atoms with Gasteiger partial charge in [-0.2, -0.15) is 22.7 Å². The Bertz CT molecular complexity index is 986. The number of halogens is 4. The number of ether oxygens (including phenoxy) is 2. The van der Waals surface area contributed by atoms with Crippen molar-refractivity contribution in [2.24, 2.45) is 5.10 Å². The second kappa shape index (κ2) is 9.49. The minimum Gasteiger partial charge on any atom is -0.435 e. The van der Waals surface area contributed by atoms with Crippen LogP contribution >= 0.6 is 0 Å². The smallest absolute Gasteiger partial charge is 0.387 e. The molecule has 0 heterocycles. The number of alkyl halides is 4. The number of nitrogens with one attached hydrogen (secondary N) is 1. The third-order valence-corrected chi connectivity index (χ3v) is 3.52. The van der Waals surface area contributed by atoms with Crippen LogP contribution in [0.15, 0.2) is 41.5 Å². The second-order valence-corrected chi connectivity index (χ2v) is 5.44. The Labute approximate surface area is 165 Å². The number of rotatable bonds is 9. The molecular formula is C16H12F4N4O6. The first kappa shape index (κ1) is 22.3. The highest BCUT2D eigenvalue weighted by Gasteiger charge is 2.20. The van der Waals surface area contributed by atoms with Crippen LogP contribution < -0.4 is 14.9 Å². The lowest BCUT2D eigenvalue weighted by molar-refractivity contribution is -0.393. The molecule has 0 radical (unpaired) electrons. The molecule has 0 saturated heterocycles. The van der Waals surface area contributed by atoms with E-state index in [1.807, 2.05) is 0 Å². The van der Waals surface area contributed by atoms with Crippen molar-refractivity contribution in [2.45, 2.75) is 20.1 Å². The van der Waals surface area contributed by atoms with Gasteiger partial charge in [0.25, 0.3) is 5.69 Å². The van der Waals surface area contributed by atoms with Crippen LogP contribution in [0, 0.1) is 20.2 Å². The predicted molar refractivity (Wildman–Crippen MR) is 95.3 cm³/mol. The van der Waals surface area contributed by atoms with Crippen molar-refractivity contribution in [3.05, 3.63) is 62.2 Å². The maximum atomic E-state index is 12.7. The molecule has 0 bridgehead atoms. The van der Waals surface area contributed by atoms with E-state index in [4.69, 9.17) is 0 Å². The average Bonchev–Trinajstić information content (AvgIpc) is 2.65. The van der Waals surface area contributed by atoms with E-state index in [0.717, 1.165) is 36.4 Å². The summed E-state index contributed by atoms with van der Waals surface area (Å²) in [4.78, 5) is 20.2. The largest absolute Gasteiger partial charge is 0.435 e. The molecule has 1 N–H and O–H groups in total. The SMILES string of the molecule is C/C(=N\Nc1ccc([N+](=O)[O-])cc1[N+](=O)[O-])c1ccc(OC(F)F)cc1OC(F)F. The zero-order valence-electron chi connectivity index (χ0n) is 14.9. The number of non-ortho nitro benzene ring substituents is 1. The Morgan fingerprint density at radius 3 is 2.23 bits per heavy atom. The number of nitro benzene ring substituents is 2. The van der Waals surface area contributed by atoms with Gasteiger partial charge in [0, 0.05) is 17.7 Å². The van der Waals surface area contributed by atoms with Gasteiger partial charge in [-0.25, -0.2) is 0 Å². The Hall–Kier alpha value is -3.97. The van der Waals surface area contributed by atoms with Gasteiger partial charge < -0.3 is 9.47 Å². The van der Waals surface area contributed by atoms with Crippen molar-refractivity contribution in [1.29, 1.82) is 0 Å². The minimum atomic E-state index is -3.28. The van der Waals surface area contributed by atoms with Crippen LogP contribution in [-0.4, -0.2) is 28.8 Å². The Balaban J connectivity index is 2.37. The van der Waals surface area contributed by atoms with Crippen LogP contribution in [0.1, 0.15) is 12.5 Å². The summed E-state index contributed by atoms with van der Waals surface area (Å²) in [7, 11) is 0. The van der Waals surface area contributed by atoms with E-state index in [2.05, 4.69) is 20.0 Å². The third kappa shape index (κ3) is 5.76. The fraction of sp³-hybridized carbons (Fsp3) is 0.188. The summed E-state index contributed by atoms with van der Waals surface area (Å²) in [5.41, 5.74) is 0.881.